The van der Waals surface area contributed by atoms with E-state index < -0.39 is 24.2 Å². The molecule has 256 valence electrons. The van der Waals surface area contributed by atoms with E-state index in [1.807, 2.05) is 42.5 Å². The Balaban J connectivity index is 1.16. The van der Waals surface area contributed by atoms with Crippen molar-refractivity contribution in [1.82, 2.24) is 20.6 Å². The van der Waals surface area contributed by atoms with Gasteiger partial charge in [-0.2, -0.15) is 5.06 Å². The van der Waals surface area contributed by atoms with E-state index in [0.29, 0.717) is 47.9 Å². The molecule has 9 atom stereocenters. The summed E-state index contributed by atoms with van der Waals surface area (Å²) in [6, 6.07) is 15.4. The molecule has 2 amide bonds. The Bertz CT molecular complexity index is 1430. The van der Waals surface area contributed by atoms with Gasteiger partial charge in [0, 0.05) is 30.1 Å². The van der Waals surface area contributed by atoms with E-state index in [-0.39, 0.29) is 24.5 Å². The Kier molecular flexibility index (Phi) is 10.1. The van der Waals surface area contributed by atoms with Crippen LogP contribution < -0.4 is 10.6 Å². The highest BCUT2D eigenvalue weighted by atomic mass is 16.7. The first-order chi connectivity index (χ1) is 22.5. The number of aliphatic hydroxyl groups excluding tert-OH is 2. The van der Waals surface area contributed by atoms with Gasteiger partial charge in [-0.25, -0.2) is 0 Å². The van der Waals surface area contributed by atoms with Crippen LogP contribution in [0.2, 0.25) is 0 Å². The topological polar surface area (TPSA) is 114 Å². The van der Waals surface area contributed by atoms with Crippen LogP contribution in [0.3, 0.4) is 0 Å². The second-order valence-corrected chi connectivity index (χ2v) is 15.2. The van der Waals surface area contributed by atoms with Crippen molar-refractivity contribution in [3.63, 3.8) is 0 Å². The first-order valence-electron chi connectivity index (χ1n) is 17.8. The number of nitrogens with one attached hydrogen (secondary N) is 2. The third-order valence-corrected chi connectivity index (χ3v) is 12.2. The number of carbonyl (C=O) groups is 2. The van der Waals surface area contributed by atoms with Crippen LogP contribution in [0.1, 0.15) is 76.2 Å². The summed E-state index contributed by atoms with van der Waals surface area (Å²) in [6.07, 6.45) is 2.94. The van der Waals surface area contributed by atoms with Gasteiger partial charge >= 0.3 is 0 Å². The molecule has 0 spiro atoms. The molecule has 7 rings (SSSR count). The van der Waals surface area contributed by atoms with Gasteiger partial charge < -0.3 is 20.8 Å². The molecular weight excluding hydrogens is 592 g/mol. The number of likely N-dealkylation sites (tertiary alicyclic amines) is 1. The molecule has 0 radical (unpaired) electrons. The van der Waals surface area contributed by atoms with Crippen molar-refractivity contribution >= 4 is 11.8 Å². The molecule has 3 aliphatic carbocycles. The lowest BCUT2D eigenvalue weighted by molar-refractivity contribution is -0.183. The van der Waals surface area contributed by atoms with Gasteiger partial charge in [0.15, 0.2) is 0 Å². The number of rotatable bonds is 11. The Morgan fingerprint density at radius 1 is 1.11 bits per heavy atom. The van der Waals surface area contributed by atoms with Gasteiger partial charge in [-0.15, -0.1) is 0 Å². The van der Waals surface area contributed by atoms with E-state index in [4.69, 9.17) is 4.84 Å². The first kappa shape index (κ1) is 34.1. The van der Waals surface area contributed by atoms with Gasteiger partial charge in [-0.1, -0.05) is 58.0 Å². The van der Waals surface area contributed by atoms with E-state index in [9.17, 15) is 19.8 Å². The number of fused-ring (bicyclic) bond motifs is 2. The zero-order valence-corrected chi connectivity index (χ0v) is 28.7. The molecule has 2 aromatic rings. The number of hydrogen-bond acceptors (Lipinski definition) is 7. The molecule has 0 unspecified atom stereocenters. The standard InChI is InChI=1S/C38H54N4O5/c1-6-41-15-9-14-30(41)20-39-36(45)28-13-8-12-27(17-28)26-11-7-10-25(16-26)21-42-35(34(24(3)44)33(22-43)47-42)37(46)40-32-19-29-18-31(23(32)2)38(29,4)5/h7-8,10-13,16-17,23-24,29-35,43-44H,6,9,14-15,18-22H2,1-5H3,(H,39,45)(H,40,46)/t23-,24-,29-,30+,31+,32-,33-,34+,35-/m0/s1. The number of likely N-dealkylation sites (N-methyl/N-ethyl adjacent to an activating group) is 1. The second-order valence-electron chi connectivity index (χ2n) is 15.2. The molecular formula is C38H54N4O5. The number of nitrogens with zero attached hydrogens (tertiary/aromatic N) is 2. The Hall–Kier alpha value is -2.82. The third-order valence-electron chi connectivity index (χ3n) is 12.2. The van der Waals surface area contributed by atoms with Gasteiger partial charge in [-0.3, -0.25) is 19.3 Å². The summed E-state index contributed by atoms with van der Waals surface area (Å²) in [5.74, 6) is 0.767. The monoisotopic (exact) mass is 646 g/mol. The van der Waals surface area contributed by atoms with Gasteiger partial charge in [0.25, 0.3) is 5.91 Å². The average Bonchev–Trinajstić information content (AvgIpc) is 3.68. The summed E-state index contributed by atoms with van der Waals surface area (Å²) < 4.78 is 0. The summed E-state index contributed by atoms with van der Waals surface area (Å²) in [6.45, 7) is 13.5. The van der Waals surface area contributed by atoms with Crippen LogP contribution in [-0.2, 0) is 16.2 Å². The van der Waals surface area contributed by atoms with Crippen LogP contribution in [0, 0.1) is 29.1 Å². The van der Waals surface area contributed by atoms with Gasteiger partial charge in [0.1, 0.15) is 12.1 Å². The predicted molar refractivity (Wildman–Crippen MR) is 182 cm³/mol. The Labute approximate surface area is 280 Å². The number of hydroxylamine groups is 2. The minimum absolute atomic E-state index is 0.0716. The highest BCUT2D eigenvalue weighted by molar-refractivity contribution is 5.95. The van der Waals surface area contributed by atoms with Crippen LogP contribution in [0.25, 0.3) is 11.1 Å². The van der Waals surface area contributed by atoms with Crippen LogP contribution in [0.5, 0.6) is 0 Å². The zero-order valence-electron chi connectivity index (χ0n) is 28.7. The lowest BCUT2D eigenvalue weighted by Crippen LogP contribution is -2.62. The fourth-order valence-corrected chi connectivity index (χ4v) is 9.21. The maximum absolute atomic E-state index is 14.0. The van der Waals surface area contributed by atoms with E-state index in [1.165, 1.54) is 12.8 Å². The number of aliphatic hydroxyl groups is 2. The Morgan fingerprint density at radius 3 is 2.53 bits per heavy atom. The summed E-state index contributed by atoms with van der Waals surface area (Å²) >= 11 is 0. The number of carbonyl (C=O) groups excluding carboxylic acids is 2. The normalized spacial score (nSPS) is 32.5. The van der Waals surface area contributed by atoms with Gasteiger partial charge in [-0.05, 0) is 104 Å². The SMILES string of the molecule is CCN1CCC[C@@H]1CNC(=O)c1cccc(-c2cccc(CN3O[C@@H](CO)[C@@H]([C@H](C)O)[C@H]3C(=O)N[C@H]3C[C@@H]4C[C@H]([C@@H]3C)C4(C)C)c2)c1. The van der Waals surface area contributed by atoms with E-state index in [2.05, 4.69) is 49.3 Å². The second kappa shape index (κ2) is 14.0. The highest BCUT2D eigenvalue weighted by Crippen LogP contribution is 2.61. The van der Waals surface area contributed by atoms with E-state index in [1.54, 1.807) is 12.0 Å². The molecule has 3 saturated carbocycles. The highest BCUT2D eigenvalue weighted by Gasteiger charge is 2.57. The fraction of sp³-hybridized carbons (Fsp3) is 0.632. The van der Waals surface area contributed by atoms with Crippen molar-refractivity contribution in [2.24, 2.45) is 29.1 Å². The molecule has 2 aliphatic heterocycles. The lowest BCUT2D eigenvalue weighted by Gasteiger charge is -2.62. The molecule has 47 heavy (non-hydrogen) atoms. The first-order valence-corrected chi connectivity index (χ1v) is 17.8. The van der Waals surface area contributed by atoms with E-state index in [0.717, 1.165) is 42.6 Å². The number of benzene rings is 2. The minimum Gasteiger partial charge on any atom is -0.394 e. The predicted octanol–water partition coefficient (Wildman–Crippen LogP) is 4.23. The summed E-state index contributed by atoms with van der Waals surface area (Å²) in [7, 11) is 0. The molecule has 2 aromatic carbocycles. The number of amides is 2. The van der Waals surface area contributed by atoms with E-state index >= 15 is 0 Å². The number of hydrogen-bond donors (Lipinski definition) is 4. The van der Waals surface area contributed by atoms with Crippen molar-refractivity contribution in [3.8, 4) is 11.1 Å². The maximum atomic E-state index is 14.0. The van der Waals surface area contributed by atoms with Crippen molar-refractivity contribution in [1.29, 1.82) is 0 Å². The molecule has 5 fully saturated rings. The van der Waals surface area contributed by atoms with Crippen LogP contribution >= 0.6 is 0 Å². The molecule has 9 heteroatoms. The molecule has 4 N–H and O–H groups in total. The summed E-state index contributed by atoms with van der Waals surface area (Å²) in [5, 5.41) is 29.1. The minimum atomic E-state index is -0.844. The quantitative estimate of drug-likeness (QED) is 0.289. The molecule has 2 heterocycles. The van der Waals surface area contributed by atoms with Gasteiger partial charge in [0.2, 0.25) is 5.91 Å². The molecule has 2 bridgehead atoms. The molecule has 9 nitrogen and oxygen atoms in total. The smallest absolute Gasteiger partial charge is 0.251 e. The van der Waals surface area contributed by atoms with Crippen LogP contribution in [0.4, 0.5) is 0 Å². The zero-order chi connectivity index (χ0) is 33.5. The Morgan fingerprint density at radius 2 is 1.85 bits per heavy atom. The van der Waals surface area contributed by atoms with Crippen molar-refractivity contribution in [2.75, 3.05) is 26.2 Å². The van der Waals surface area contributed by atoms with Gasteiger partial charge in [0.05, 0.1) is 19.3 Å². The maximum Gasteiger partial charge on any atom is 0.251 e. The van der Waals surface area contributed by atoms with Crippen LogP contribution in [0.15, 0.2) is 48.5 Å². The summed E-state index contributed by atoms with van der Waals surface area (Å²) in [5.41, 5.74) is 3.74. The largest absolute Gasteiger partial charge is 0.394 e. The molecule has 0 aromatic heterocycles. The van der Waals surface area contributed by atoms with Crippen molar-refractivity contribution < 1.29 is 24.6 Å². The fourth-order valence-electron chi connectivity index (χ4n) is 9.21. The van der Waals surface area contributed by atoms with Crippen molar-refractivity contribution in [3.05, 3.63) is 59.7 Å². The lowest BCUT2D eigenvalue weighted by atomic mass is 9.45. The third kappa shape index (κ3) is 6.75. The van der Waals surface area contributed by atoms with Crippen molar-refractivity contribution in [2.45, 2.75) is 97.2 Å². The molecule has 2 saturated heterocycles. The average molecular weight is 647 g/mol. The summed E-state index contributed by atoms with van der Waals surface area (Å²) in [4.78, 5) is 35.7. The van der Waals surface area contributed by atoms with Crippen LogP contribution in [-0.4, -0.2) is 88.6 Å². The molecule has 5 aliphatic rings.